The van der Waals surface area contributed by atoms with Crippen molar-refractivity contribution in [3.63, 3.8) is 0 Å². The van der Waals surface area contributed by atoms with E-state index in [1.54, 1.807) is 18.2 Å². The molecule has 0 saturated heterocycles. The van der Waals surface area contributed by atoms with E-state index in [0.29, 0.717) is 24.3 Å². The van der Waals surface area contributed by atoms with Crippen molar-refractivity contribution in [2.45, 2.75) is 25.6 Å². The molecule has 1 atom stereocenters. The van der Waals surface area contributed by atoms with E-state index in [2.05, 4.69) is 5.32 Å². The molecule has 3 nitrogen and oxygen atoms in total. The highest BCUT2D eigenvalue weighted by Gasteiger charge is 2.35. The lowest BCUT2D eigenvalue weighted by Gasteiger charge is -2.16. The minimum absolute atomic E-state index is 0.0991. The van der Waals surface area contributed by atoms with E-state index in [1.165, 1.54) is 19.1 Å². The van der Waals surface area contributed by atoms with Gasteiger partial charge in [-0.1, -0.05) is 36.4 Å². The van der Waals surface area contributed by atoms with Gasteiger partial charge in [0.15, 0.2) is 0 Å². The van der Waals surface area contributed by atoms with Crippen LogP contribution in [0.3, 0.4) is 0 Å². The summed E-state index contributed by atoms with van der Waals surface area (Å²) < 4.78 is 45.7. The van der Waals surface area contributed by atoms with Gasteiger partial charge in [0.2, 0.25) is 5.91 Å². The van der Waals surface area contributed by atoms with Crippen LogP contribution in [-0.4, -0.2) is 18.6 Å². The van der Waals surface area contributed by atoms with E-state index >= 15 is 0 Å². The van der Waals surface area contributed by atoms with E-state index in [0.717, 1.165) is 11.6 Å². The van der Waals surface area contributed by atoms with Gasteiger partial charge in [0.1, 0.15) is 11.9 Å². The van der Waals surface area contributed by atoms with E-state index in [1.807, 2.05) is 6.07 Å². The molecule has 1 N–H and O–H groups in total. The van der Waals surface area contributed by atoms with Crippen molar-refractivity contribution >= 4 is 5.91 Å². The molecule has 1 aliphatic heterocycles. The first-order chi connectivity index (χ1) is 11.4. The predicted molar refractivity (Wildman–Crippen MR) is 83.7 cm³/mol. The summed E-state index contributed by atoms with van der Waals surface area (Å²) in [5, 5.41) is 2.67. The molecule has 6 heteroatoms. The molecule has 0 radical (unpaired) electrons. The van der Waals surface area contributed by atoms with Crippen molar-refractivity contribution in [3.05, 3.63) is 53.6 Å². The zero-order chi connectivity index (χ0) is 17.3. The van der Waals surface area contributed by atoms with Crippen molar-refractivity contribution in [3.8, 4) is 16.9 Å². The normalized spacial score (nSPS) is 16.4. The fraction of sp³-hybridized carbons (Fsp3) is 0.278. The summed E-state index contributed by atoms with van der Waals surface area (Å²) in [5.74, 6) is 0.293. The maximum atomic E-state index is 13.3. The molecule has 1 heterocycles. The molecule has 0 bridgehead atoms. The molecule has 1 aliphatic rings. The van der Waals surface area contributed by atoms with Gasteiger partial charge in [-0.2, -0.15) is 13.2 Å². The van der Waals surface area contributed by atoms with E-state index in [-0.39, 0.29) is 17.6 Å². The average molecular weight is 335 g/mol. The summed E-state index contributed by atoms with van der Waals surface area (Å²) in [6, 6.07) is 10.7. The van der Waals surface area contributed by atoms with Gasteiger partial charge in [-0.15, -0.1) is 0 Å². The molecule has 2 aromatic rings. The second-order valence-corrected chi connectivity index (χ2v) is 5.72. The highest BCUT2D eigenvalue weighted by molar-refractivity contribution is 5.76. The average Bonchev–Trinajstić information content (AvgIpc) is 2.95. The lowest BCUT2D eigenvalue weighted by Crippen LogP contribution is -2.32. The Labute approximate surface area is 137 Å². The molecule has 0 saturated carbocycles. The molecule has 2 aromatic carbocycles. The van der Waals surface area contributed by atoms with Crippen LogP contribution in [0.5, 0.6) is 5.75 Å². The minimum atomic E-state index is -4.44. The Bertz CT molecular complexity index is 771. The van der Waals surface area contributed by atoms with Crippen molar-refractivity contribution in [2.75, 3.05) is 6.54 Å². The molecule has 0 spiro atoms. The van der Waals surface area contributed by atoms with Crippen LogP contribution < -0.4 is 10.1 Å². The van der Waals surface area contributed by atoms with Crippen LogP contribution in [0.4, 0.5) is 13.2 Å². The van der Waals surface area contributed by atoms with Crippen LogP contribution in [0.25, 0.3) is 11.1 Å². The zero-order valence-electron chi connectivity index (χ0n) is 13.0. The number of hydrogen-bond donors (Lipinski definition) is 1. The van der Waals surface area contributed by atoms with Gasteiger partial charge in [-0.25, -0.2) is 0 Å². The molecule has 1 amide bonds. The van der Waals surface area contributed by atoms with Crippen LogP contribution in [-0.2, 0) is 17.4 Å². The van der Waals surface area contributed by atoms with Gasteiger partial charge >= 0.3 is 6.18 Å². The third-order valence-electron chi connectivity index (χ3n) is 3.93. The molecule has 126 valence electrons. The number of fused-ring (bicyclic) bond motifs is 1. The first kappa shape index (κ1) is 16.4. The molecule has 3 rings (SSSR count). The van der Waals surface area contributed by atoms with Gasteiger partial charge in [-0.05, 0) is 17.2 Å². The van der Waals surface area contributed by atoms with Gasteiger partial charge in [0.25, 0.3) is 0 Å². The number of benzene rings is 2. The number of hydrogen-bond acceptors (Lipinski definition) is 2. The quantitative estimate of drug-likeness (QED) is 0.926. The molecule has 0 aliphatic carbocycles. The third kappa shape index (κ3) is 3.22. The summed E-state index contributed by atoms with van der Waals surface area (Å²) in [4.78, 5) is 11.0. The van der Waals surface area contributed by atoms with Crippen LogP contribution in [0.2, 0.25) is 0 Å². The summed E-state index contributed by atoms with van der Waals surface area (Å²) in [6.07, 6.45) is -4.16. The van der Waals surface area contributed by atoms with Gasteiger partial charge in [0.05, 0.1) is 12.1 Å². The number of alkyl halides is 3. The molecular formula is C18H16F3NO2. The Balaban J connectivity index is 1.97. The SMILES string of the molecule is CC(=O)NC[C@H]1Cc2cccc(-c3ccccc3C(F)(F)F)c2O1. The Morgan fingerprint density at radius 1 is 1.17 bits per heavy atom. The number of carbonyl (C=O) groups is 1. The van der Waals surface area contributed by atoms with Crippen molar-refractivity contribution in [1.82, 2.24) is 5.32 Å². The van der Waals surface area contributed by atoms with Gasteiger partial charge in [-0.3, -0.25) is 4.79 Å². The number of rotatable bonds is 3. The second kappa shape index (κ2) is 6.19. The standard InChI is InChI=1S/C18H16F3NO2/c1-11(23)22-10-13-9-12-5-4-7-15(17(12)24-13)14-6-2-3-8-16(14)18(19,20)21/h2-8,13H,9-10H2,1H3,(H,22,23)/t13-/m1/s1. The van der Waals surface area contributed by atoms with Crippen LogP contribution in [0, 0.1) is 0 Å². The summed E-state index contributed by atoms with van der Waals surface area (Å²) in [7, 11) is 0. The lowest BCUT2D eigenvalue weighted by atomic mass is 9.96. The third-order valence-corrected chi connectivity index (χ3v) is 3.93. The first-order valence-corrected chi connectivity index (χ1v) is 7.56. The highest BCUT2D eigenvalue weighted by atomic mass is 19.4. The van der Waals surface area contributed by atoms with Gasteiger partial charge < -0.3 is 10.1 Å². The Kier molecular flexibility index (Phi) is 4.22. The fourth-order valence-electron chi connectivity index (χ4n) is 2.89. The number of ether oxygens (including phenoxy) is 1. The zero-order valence-corrected chi connectivity index (χ0v) is 13.0. The first-order valence-electron chi connectivity index (χ1n) is 7.56. The second-order valence-electron chi connectivity index (χ2n) is 5.72. The monoisotopic (exact) mass is 335 g/mol. The van der Waals surface area contributed by atoms with E-state index in [4.69, 9.17) is 4.74 Å². The van der Waals surface area contributed by atoms with Crippen molar-refractivity contribution in [1.29, 1.82) is 0 Å². The Hall–Kier alpha value is -2.50. The number of amides is 1. The largest absolute Gasteiger partial charge is 0.487 e. The highest BCUT2D eigenvalue weighted by Crippen LogP contribution is 2.43. The minimum Gasteiger partial charge on any atom is -0.487 e. The van der Waals surface area contributed by atoms with E-state index in [9.17, 15) is 18.0 Å². The van der Waals surface area contributed by atoms with Crippen molar-refractivity contribution in [2.24, 2.45) is 0 Å². The van der Waals surface area contributed by atoms with Gasteiger partial charge in [0, 0.05) is 18.9 Å². The topological polar surface area (TPSA) is 38.3 Å². The van der Waals surface area contributed by atoms with E-state index < -0.39 is 11.7 Å². The van der Waals surface area contributed by atoms with Crippen molar-refractivity contribution < 1.29 is 22.7 Å². The maximum absolute atomic E-state index is 13.3. The van der Waals surface area contributed by atoms with Crippen LogP contribution in [0.15, 0.2) is 42.5 Å². The smallest absolute Gasteiger partial charge is 0.417 e. The Morgan fingerprint density at radius 3 is 2.58 bits per heavy atom. The fourth-order valence-corrected chi connectivity index (χ4v) is 2.89. The molecule has 0 fully saturated rings. The molecule has 0 aromatic heterocycles. The number of para-hydroxylation sites is 1. The molecular weight excluding hydrogens is 319 g/mol. The number of halogens is 3. The number of carbonyl (C=O) groups excluding carboxylic acids is 1. The van der Waals surface area contributed by atoms with Crippen LogP contribution in [0.1, 0.15) is 18.1 Å². The summed E-state index contributed by atoms with van der Waals surface area (Å²) >= 11 is 0. The maximum Gasteiger partial charge on any atom is 0.417 e. The molecule has 24 heavy (non-hydrogen) atoms. The number of nitrogens with one attached hydrogen (secondary N) is 1. The Morgan fingerprint density at radius 2 is 1.88 bits per heavy atom. The summed E-state index contributed by atoms with van der Waals surface area (Å²) in [5.41, 5.74) is 0.680. The molecule has 0 unspecified atom stereocenters. The predicted octanol–water partition coefficient (Wildman–Crippen LogP) is 3.81. The summed E-state index contributed by atoms with van der Waals surface area (Å²) in [6.45, 7) is 1.73. The van der Waals surface area contributed by atoms with Crippen LogP contribution >= 0.6 is 0 Å². The lowest BCUT2D eigenvalue weighted by molar-refractivity contribution is -0.137.